The Labute approximate surface area is 112 Å². The monoisotopic (exact) mass is 271 g/mol. The van der Waals surface area contributed by atoms with E-state index in [9.17, 15) is 4.79 Å². The molecule has 1 rings (SSSR count). The number of hydrogen-bond acceptors (Lipinski definition) is 4. The van der Waals surface area contributed by atoms with E-state index in [4.69, 9.17) is 21.4 Å². The lowest BCUT2D eigenvalue weighted by molar-refractivity contribution is 0.0971. The summed E-state index contributed by atoms with van der Waals surface area (Å²) < 4.78 is 5.19. The molecular formula is C13H18ClNO3. The number of hydrogen-bond donors (Lipinski definition) is 1. The summed E-state index contributed by atoms with van der Waals surface area (Å²) in [4.78, 5) is 13.2. The molecule has 0 saturated heterocycles. The molecule has 0 saturated carbocycles. The summed E-state index contributed by atoms with van der Waals surface area (Å²) >= 11 is 6.13. The molecule has 0 aliphatic rings. The Kier molecular flexibility index (Phi) is 6.12. The summed E-state index contributed by atoms with van der Waals surface area (Å²) in [6.07, 6.45) is 0. The van der Waals surface area contributed by atoms with Crippen LogP contribution >= 0.6 is 11.6 Å². The molecule has 5 heteroatoms. The number of carbonyl (C=O) groups is 1. The Balaban J connectivity index is 2.62. The number of ketones is 1. The molecule has 1 aromatic rings. The summed E-state index contributed by atoms with van der Waals surface area (Å²) in [6.45, 7) is 3.06. The highest BCUT2D eigenvalue weighted by Gasteiger charge is 2.08. The zero-order valence-corrected chi connectivity index (χ0v) is 11.4. The molecule has 1 aromatic carbocycles. The molecule has 0 heterocycles. The average Bonchev–Trinajstić information content (AvgIpc) is 2.34. The van der Waals surface area contributed by atoms with Crippen molar-refractivity contribution in [1.82, 2.24) is 0 Å². The Hall–Kier alpha value is -1.10. The Morgan fingerprint density at radius 1 is 1.44 bits per heavy atom. The van der Waals surface area contributed by atoms with Gasteiger partial charge in [-0.05, 0) is 25.1 Å². The number of likely N-dealkylation sites (N-methyl/N-ethyl adjacent to an activating group) is 1. The van der Waals surface area contributed by atoms with Gasteiger partial charge in [0.05, 0.1) is 30.5 Å². The number of carbonyl (C=O) groups excluding carboxylic acids is 1. The molecule has 0 radical (unpaired) electrons. The SMILES string of the molecule is CC(=O)c1ccc(N(C)CCOCCO)c(Cl)c1. The molecule has 0 aromatic heterocycles. The van der Waals surface area contributed by atoms with Crippen LogP contribution in [0.3, 0.4) is 0 Å². The maximum Gasteiger partial charge on any atom is 0.159 e. The van der Waals surface area contributed by atoms with Crippen molar-refractivity contribution < 1.29 is 14.6 Å². The first kappa shape index (κ1) is 15.0. The molecule has 0 bridgehead atoms. The van der Waals surface area contributed by atoms with Crippen molar-refractivity contribution in [2.45, 2.75) is 6.92 Å². The second kappa shape index (κ2) is 7.36. The van der Waals surface area contributed by atoms with Gasteiger partial charge in [-0.3, -0.25) is 4.79 Å². The highest BCUT2D eigenvalue weighted by atomic mass is 35.5. The molecule has 0 aliphatic heterocycles. The third-order valence-electron chi connectivity index (χ3n) is 2.57. The minimum atomic E-state index is -0.00242. The summed E-state index contributed by atoms with van der Waals surface area (Å²) in [5.41, 5.74) is 1.46. The van der Waals surface area contributed by atoms with Crippen LogP contribution in [0.15, 0.2) is 18.2 Å². The molecular weight excluding hydrogens is 254 g/mol. The fourth-order valence-electron chi connectivity index (χ4n) is 1.52. The minimum Gasteiger partial charge on any atom is -0.394 e. The Morgan fingerprint density at radius 2 is 2.17 bits per heavy atom. The van der Waals surface area contributed by atoms with Gasteiger partial charge in [0.25, 0.3) is 0 Å². The number of anilines is 1. The third-order valence-corrected chi connectivity index (χ3v) is 2.87. The maximum absolute atomic E-state index is 11.2. The molecule has 18 heavy (non-hydrogen) atoms. The Bertz CT molecular complexity index is 409. The lowest BCUT2D eigenvalue weighted by atomic mass is 10.1. The quantitative estimate of drug-likeness (QED) is 0.609. The van der Waals surface area contributed by atoms with Crippen LogP contribution < -0.4 is 4.90 Å². The van der Waals surface area contributed by atoms with Crippen molar-refractivity contribution in [2.24, 2.45) is 0 Å². The highest BCUT2D eigenvalue weighted by molar-refractivity contribution is 6.33. The van der Waals surface area contributed by atoms with E-state index in [-0.39, 0.29) is 12.4 Å². The van der Waals surface area contributed by atoms with Crippen LogP contribution in [0.4, 0.5) is 5.69 Å². The number of aliphatic hydroxyl groups excluding tert-OH is 1. The van der Waals surface area contributed by atoms with Crippen LogP contribution in [-0.4, -0.2) is 44.3 Å². The molecule has 0 spiro atoms. The van der Waals surface area contributed by atoms with E-state index in [0.29, 0.717) is 30.3 Å². The molecule has 0 aliphatic carbocycles. The van der Waals surface area contributed by atoms with E-state index < -0.39 is 0 Å². The third kappa shape index (κ3) is 4.29. The lowest BCUT2D eigenvalue weighted by Gasteiger charge is -2.20. The van der Waals surface area contributed by atoms with E-state index in [1.54, 1.807) is 12.1 Å². The van der Waals surface area contributed by atoms with Gasteiger partial charge in [0.1, 0.15) is 0 Å². The van der Waals surface area contributed by atoms with Gasteiger partial charge < -0.3 is 14.7 Å². The second-order valence-corrected chi connectivity index (χ2v) is 4.39. The standard InChI is InChI=1S/C13H18ClNO3/c1-10(17)11-3-4-13(12(14)9-11)15(2)5-7-18-8-6-16/h3-4,9,16H,5-8H2,1-2H3. The molecule has 4 nitrogen and oxygen atoms in total. The predicted molar refractivity (Wildman–Crippen MR) is 72.6 cm³/mol. The van der Waals surface area contributed by atoms with Gasteiger partial charge in [-0.1, -0.05) is 11.6 Å². The van der Waals surface area contributed by atoms with E-state index in [2.05, 4.69) is 0 Å². The van der Waals surface area contributed by atoms with Crippen molar-refractivity contribution in [3.05, 3.63) is 28.8 Å². The molecule has 0 amide bonds. The van der Waals surface area contributed by atoms with E-state index in [1.807, 2.05) is 18.0 Å². The fourth-order valence-corrected chi connectivity index (χ4v) is 1.85. The lowest BCUT2D eigenvalue weighted by Crippen LogP contribution is -2.23. The molecule has 0 atom stereocenters. The summed E-state index contributed by atoms with van der Waals surface area (Å²) in [6, 6.07) is 5.25. The molecule has 1 N–H and O–H groups in total. The normalized spacial score (nSPS) is 10.4. The summed E-state index contributed by atoms with van der Waals surface area (Å²) in [5, 5.41) is 9.13. The number of benzene rings is 1. The van der Waals surface area contributed by atoms with Crippen molar-refractivity contribution in [1.29, 1.82) is 0 Å². The minimum absolute atomic E-state index is 0.00242. The number of aliphatic hydroxyl groups is 1. The number of ether oxygens (including phenoxy) is 1. The number of Topliss-reactive ketones (excluding diaryl/α,β-unsaturated/α-hetero) is 1. The van der Waals surface area contributed by atoms with E-state index in [1.165, 1.54) is 6.92 Å². The van der Waals surface area contributed by atoms with E-state index in [0.717, 1.165) is 5.69 Å². The van der Waals surface area contributed by atoms with Gasteiger partial charge in [0.15, 0.2) is 5.78 Å². The number of rotatable bonds is 7. The topological polar surface area (TPSA) is 49.8 Å². The first-order chi connectivity index (χ1) is 8.56. The van der Waals surface area contributed by atoms with Crippen LogP contribution in [0.5, 0.6) is 0 Å². The van der Waals surface area contributed by atoms with Crippen molar-refractivity contribution in [3.63, 3.8) is 0 Å². The second-order valence-electron chi connectivity index (χ2n) is 3.98. The zero-order valence-electron chi connectivity index (χ0n) is 10.6. The van der Waals surface area contributed by atoms with E-state index >= 15 is 0 Å². The number of nitrogens with zero attached hydrogens (tertiary/aromatic N) is 1. The van der Waals surface area contributed by atoms with Gasteiger partial charge in [-0.2, -0.15) is 0 Å². The first-order valence-electron chi connectivity index (χ1n) is 5.76. The predicted octanol–water partition coefficient (Wildman–Crippen LogP) is 1.99. The smallest absolute Gasteiger partial charge is 0.159 e. The molecule has 0 fully saturated rings. The van der Waals surface area contributed by atoms with Gasteiger partial charge >= 0.3 is 0 Å². The average molecular weight is 272 g/mol. The van der Waals surface area contributed by atoms with Gasteiger partial charge in [-0.25, -0.2) is 0 Å². The number of halogens is 1. The van der Waals surface area contributed by atoms with Crippen LogP contribution in [0, 0.1) is 0 Å². The van der Waals surface area contributed by atoms with Crippen LogP contribution in [0.25, 0.3) is 0 Å². The fraction of sp³-hybridized carbons (Fsp3) is 0.462. The van der Waals surface area contributed by atoms with Crippen LogP contribution in [0.2, 0.25) is 5.02 Å². The van der Waals surface area contributed by atoms with Crippen LogP contribution in [-0.2, 0) is 4.74 Å². The van der Waals surface area contributed by atoms with Gasteiger partial charge in [0, 0.05) is 19.2 Å². The summed E-state index contributed by atoms with van der Waals surface area (Å²) in [5.74, 6) is -0.00242. The highest BCUT2D eigenvalue weighted by Crippen LogP contribution is 2.26. The van der Waals surface area contributed by atoms with Gasteiger partial charge in [0.2, 0.25) is 0 Å². The van der Waals surface area contributed by atoms with Crippen molar-refractivity contribution in [3.8, 4) is 0 Å². The Morgan fingerprint density at radius 3 is 2.72 bits per heavy atom. The largest absolute Gasteiger partial charge is 0.394 e. The van der Waals surface area contributed by atoms with Crippen molar-refractivity contribution in [2.75, 3.05) is 38.3 Å². The first-order valence-corrected chi connectivity index (χ1v) is 6.14. The molecule has 100 valence electrons. The molecule has 0 unspecified atom stereocenters. The summed E-state index contributed by atoms with van der Waals surface area (Å²) in [7, 11) is 1.90. The van der Waals surface area contributed by atoms with Gasteiger partial charge in [-0.15, -0.1) is 0 Å². The van der Waals surface area contributed by atoms with Crippen molar-refractivity contribution >= 4 is 23.1 Å². The maximum atomic E-state index is 11.2. The zero-order chi connectivity index (χ0) is 13.5. The van der Waals surface area contributed by atoms with Crippen LogP contribution in [0.1, 0.15) is 17.3 Å².